The number of esters is 1. The zero-order valence-corrected chi connectivity index (χ0v) is 22.2. The van der Waals surface area contributed by atoms with Crippen molar-refractivity contribution < 1.29 is 27.4 Å². The molecule has 204 valence electrons. The summed E-state index contributed by atoms with van der Waals surface area (Å²) in [6.07, 6.45) is 16.9. The Labute approximate surface area is 223 Å². The van der Waals surface area contributed by atoms with Gasteiger partial charge in [0.15, 0.2) is 11.5 Å². The fourth-order valence-corrected chi connectivity index (χ4v) is 6.11. The SMILES string of the molecule is C/C=C/CCC1CCC2CC(c3ccc(C(=O)Oc4ccc(OC/C=C/C)c(F)c4F)cc3F)CCC2C1. The second-order valence-corrected chi connectivity index (χ2v) is 10.6. The second kappa shape index (κ2) is 13.2. The van der Waals surface area contributed by atoms with Crippen LogP contribution in [0.5, 0.6) is 11.5 Å². The van der Waals surface area contributed by atoms with E-state index in [0.717, 1.165) is 49.7 Å². The standard InChI is InChI=1S/C32H37F3O3/c1-3-5-7-8-21-9-10-23-19-24(12-11-22(23)18-21)26-14-13-25(20-27(26)33)32(36)38-29-16-15-28(30(34)31(29)35)37-17-6-4-2/h3-6,13-16,20-24H,7-12,17-19H2,1-2H3/b5-3+,6-4+. The molecule has 0 N–H and O–H groups in total. The first kappa shape index (κ1) is 28.0. The third kappa shape index (κ3) is 6.69. The van der Waals surface area contributed by atoms with Crippen LogP contribution in [-0.4, -0.2) is 12.6 Å². The number of carbonyl (C=O) groups excluding carboxylic acids is 1. The number of benzene rings is 2. The second-order valence-electron chi connectivity index (χ2n) is 10.6. The molecular formula is C32H37F3O3. The van der Waals surface area contributed by atoms with Gasteiger partial charge in [-0.3, -0.25) is 0 Å². The van der Waals surface area contributed by atoms with E-state index in [1.807, 2.05) is 0 Å². The smallest absolute Gasteiger partial charge is 0.343 e. The lowest BCUT2D eigenvalue weighted by atomic mass is 9.63. The van der Waals surface area contributed by atoms with Crippen molar-refractivity contribution in [2.24, 2.45) is 17.8 Å². The number of allylic oxidation sites excluding steroid dienone is 3. The van der Waals surface area contributed by atoms with Crippen LogP contribution >= 0.6 is 0 Å². The van der Waals surface area contributed by atoms with E-state index < -0.39 is 29.2 Å². The van der Waals surface area contributed by atoms with Crippen LogP contribution in [0.2, 0.25) is 0 Å². The highest BCUT2D eigenvalue weighted by atomic mass is 19.2. The van der Waals surface area contributed by atoms with E-state index >= 15 is 4.39 Å². The van der Waals surface area contributed by atoms with Crippen LogP contribution in [0.3, 0.4) is 0 Å². The van der Waals surface area contributed by atoms with Gasteiger partial charge in [-0.25, -0.2) is 9.18 Å². The molecule has 0 heterocycles. The predicted molar refractivity (Wildman–Crippen MR) is 143 cm³/mol. The lowest BCUT2D eigenvalue weighted by Gasteiger charge is -2.42. The predicted octanol–water partition coefficient (Wildman–Crippen LogP) is 8.93. The zero-order chi connectivity index (χ0) is 27.1. The first-order valence-electron chi connectivity index (χ1n) is 13.8. The van der Waals surface area contributed by atoms with Gasteiger partial charge < -0.3 is 9.47 Å². The molecular weight excluding hydrogens is 489 g/mol. The minimum Gasteiger partial charge on any atom is -0.486 e. The van der Waals surface area contributed by atoms with Crippen LogP contribution < -0.4 is 9.47 Å². The molecule has 2 fully saturated rings. The number of rotatable bonds is 9. The third-order valence-electron chi connectivity index (χ3n) is 8.16. The Balaban J connectivity index is 1.37. The highest BCUT2D eigenvalue weighted by Crippen LogP contribution is 2.48. The quantitative estimate of drug-likeness (QED) is 0.186. The summed E-state index contributed by atoms with van der Waals surface area (Å²) >= 11 is 0. The van der Waals surface area contributed by atoms with Crippen LogP contribution in [0.4, 0.5) is 13.2 Å². The highest BCUT2D eigenvalue weighted by Gasteiger charge is 2.36. The molecule has 2 saturated carbocycles. The van der Waals surface area contributed by atoms with E-state index in [1.54, 1.807) is 25.1 Å². The van der Waals surface area contributed by atoms with E-state index in [9.17, 15) is 13.6 Å². The van der Waals surface area contributed by atoms with Gasteiger partial charge in [-0.1, -0.05) is 36.8 Å². The Morgan fingerprint density at radius 1 is 0.895 bits per heavy atom. The zero-order valence-electron chi connectivity index (χ0n) is 22.2. The minimum absolute atomic E-state index is 0.0465. The van der Waals surface area contributed by atoms with Crippen LogP contribution in [0.15, 0.2) is 54.6 Å². The normalized spacial score (nSPS) is 23.5. The Morgan fingerprint density at radius 2 is 1.61 bits per heavy atom. The van der Waals surface area contributed by atoms with Crippen LogP contribution in [-0.2, 0) is 0 Å². The molecule has 38 heavy (non-hydrogen) atoms. The first-order chi connectivity index (χ1) is 18.4. The fourth-order valence-electron chi connectivity index (χ4n) is 6.11. The number of hydrogen-bond donors (Lipinski definition) is 0. The summed E-state index contributed by atoms with van der Waals surface area (Å²) in [7, 11) is 0. The van der Waals surface area contributed by atoms with Crippen molar-refractivity contribution in [3.63, 3.8) is 0 Å². The number of hydrogen-bond acceptors (Lipinski definition) is 3. The summed E-state index contributed by atoms with van der Waals surface area (Å²) < 4.78 is 54.1. The molecule has 4 unspecified atom stereocenters. The van der Waals surface area contributed by atoms with Crippen molar-refractivity contribution in [2.75, 3.05) is 6.61 Å². The van der Waals surface area contributed by atoms with Crippen LogP contribution in [0.25, 0.3) is 0 Å². The molecule has 3 nitrogen and oxygen atoms in total. The molecule has 2 aromatic carbocycles. The number of ether oxygens (including phenoxy) is 2. The minimum atomic E-state index is -1.33. The molecule has 4 atom stereocenters. The average molecular weight is 527 g/mol. The first-order valence-corrected chi connectivity index (χ1v) is 13.8. The monoisotopic (exact) mass is 526 g/mol. The van der Waals surface area contributed by atoms with Gasteiger partial charge in [-0.2, -0.15) is 8.78 Å². The number of carbonyl (C=O) groups is 1. The molecule has 2 aromatic rings. The van der Waals surface area contributed by atoms with Gasteiger partial charge >= 0.3 is 5.97 Å². The Bertz CT molecular complexity index is 1170. The summed E-state index contributed by atoms with van der Waals surface area (Å²) in [5.41, 5.74) is 0.574. The Kier molecular flexibility index (Phi) is 9.70. The molecule has 0 aliphatic heterocycles. The van der Waals surface area contributed by atoms with Crippen molar-refractivity contribution in [2.45, 2.75) is 71.1 Å². The summed E-state index contributed by atoms with van der Waals surface area (Å²) in [6, 6.07) is 6.62. The van der Waals surface area contributed by atoms with E-state index in [1.165, 1.54) is 37.8 Å². The highest BCUT2D eigenvalue weighted by molar-refractivity contribution is 5.91. The summed E-state index contributed by atoms with van der Waals surface area (Å²) in [5.74, 6) is -2.57. The van der Waals surface area contributed by atoms with Gasteiger partial charge in [0.2, 0.25) is 11.6 Å². The topological polar surface area (TPSA) is 35.5 Å². The summed E-state index contributed by atoms with van der Waals surface area (Å²) in [5, 5.41) is 0. The van der Waals surface area contributed by atoms with Crippen molar-refractivity contribution in [1.82, 2.24) is 0 Å². The number of halogens is 3. The Morgan fingerprint density at radius 3 is 2.37 bits per heavy atom. The van der Waals surface area contributed by atoms with E-state index in [4.69, 9.17) is 9.47 Å². The van der Waals surface area contributed by atoms with Crippen molar-refractivity contribution in [3.8, 4) is 11.5 Å². The molecule has 0 amide bonds. The van der Waals surface area contributed by atoms with Crippen LogP contribution in [0.1, 0.15) is 87.1 Å². The lowest BCUT2D eigenvalue weighted by Crippen LogP contribution is -2.30. The lowest BCUT2D eigenvalue weighted by molar-refractivity contribution is 0.0725. The van der Waals surface area contributed by atoms with Crippen molar-refractivity contribution >= 4 is 5.97 Å². The summed E-state index contributed by atoms with van der Waals surface area (Å²) in [4.78, 5) is 12.6. The van der Waals surface area contributed by atoms with Crippen LogP contribution in [0, 0.1) is 35.2 Å². The van der Waals surface area contributed by atoms with Gasteiger partial charge in [-0.05, 0) is 112 Å². The van der Waals surface area contributed by atoms with Gasteiger partial charge in [0.25, 0.3) is 0 Å². The molecule has 0 aromatic heterocycles. The molecule has 6 heteroatoms. The van der Waals surface area contributed by atoms with E-state index in [0.29, 0.717) is 11.5 Å². The average Bonchev–Trinajstić information content (AvgIpc) is 2.92. The summed E-state index contributed by atoms with van der Waals surface area (Å²) in [6.45, 7) is 3.93. The van der Waals surface area contributed by atoms with Gasteiger partial charge in [0.05, 0.1) is 5.56 Å². The maximum absolute atomic E-state index is 15.2. The maximum Gasteiger partial charge on any atom is 0.343 e. The molecule has 0 spiro atoms. The third-order valence-corrected chi connectivity index (χ3v) is 8.16. The van der Waals surface area contributed by atoms with E-state index in [2.05, 4.69) is 19.1 Å². The molecule has 4 rings (SSSR count). The van der Waals surface area contributed by atoms with Crippen molar-refractivity contribution in [1.29, 1.82) is 0 Å². The number of fused-ring (bicyclic) bond motifs is 1. The van der Waals surface area contributed by atoms with E-state index in [-0.39, 0.29) is 23.8 Å². The van der Waals surface area contributed by atoms with Gasteiger partial charge in [0, 0.05) is 0 Å². The largest absolute Gasteiger partial charge is 0.486 e. The van der Waals surface area contributed by atoms with Gasteiger partial charge in [-0.15, -0.1) is 0 Å². The molecule has 0 bridgehead atoms. The van der Waals surface area contributed by atoms with Gasteiger partial charge in [0.1, 0.15) is 12.4 Å². The molecule has 2 aliphatic carbocycles. The molecule has 2 aliphatic rings. The molecule has 0 saturated heterocycles. The maximum atomic E-state index is 15.2. The van der Waals surface area contributed by atoms with Crippen molar-refractivity contribution in [3.05, 3.63) is 83.2 Å². The fraction of sp³-hybridized carbons (Fsp3) is 0.469. The Hall–Kier alpha value is -3.02. The molecule has 0 radical (unpaired) electrons.